The first-order chi connectivity index (χ1) is 8.13. The first-order valence-electron chi connectivity index (χ1n) is 5.28. The highest BCUT2D eigenvalue weighted by atomic mass is 32.1. The van der Waals surface area contributed by atoms with Crippen molar-refractivity contribution in [1.29, 1.82) is 0 Å². The van der Waals surface area contributed by atoms with Gasteiger partial charge in [0.25, 0.3) is 5.56 Å². The molecule has 0 unspecified atom stereocenters. The van der Waals surface area contributed by atoms with E-state index in [4.69, 9.17) is 0 Å². The van der Waals surface area contributed by atoms with Crippen LogP contribution in [-0.4, -0.2) is 10.4 Å². The minimum absolute atomic E-state index is 0.119. The lowest BCUT2D eigenvalue weighted by Gasteiger charge is -2.03. The number of carbonyl (C=O) groups excluding carboxylic acids is 1. The molecular weight excluding hydrogens is 238 g/mol. The Bertz CT molecular complexity index is 684. The molecule has 1 aromatic heterocycles. The predicted octanol–water partition coefficient (Wildman–Crippen LogP) is 1.40. The van der Waals surface area contributed by atoms with Gasteiger partial charge >= 0.3 is 4.87 Å². The van der Waals surface area contributed by atoms with Crippen LogP contribution >= 0.6 is 11.3 Å². The Labute approximate surface area is 101 Å². The van der Waals surface area contributed by atoms with Gasteiger partial charge in [0.15, 0.2) is 5.78 Å². The van der Waals surface area contributed by atoms with Gasteiger partial charge in [0.05, 0.1) is 11.9 Å². The normalized spacial score (nSPS) is 10.6. The highest BCUT2D eigenvalue weighted by Gasteiger charge is 2.09. The summed E-state index contributed by atoms with van der Waals surface area (Å²) in [5.41, 5.74) is -0.383. The van der Waals surface area contributed by atoms with E-state index in [0.717, 1.165) is 15.9 Å². The highest BCUT2D eigenvalue weighted by Crippen LogP contribution is 2.10. The summed E-state index contributed by atoms with van der Waals surface area (Å²) in [6.07, 6.45) is 0.323. The van der Waals surface area contributed by atoms with Gasteiger partial charge in [-0.25, -0.2) is 0 Å². The molecule has 0 N–H and O–H groups in total. The zero-order valence-corrected chi connectivity index (χ0v) is 10.1. The van der Waals surface area contributed by atoms with Gasteiger partial charge in [-0.05, 0) is 12.1 Å². The number of hydrogen-bond donors (Lipinski definition) is 0. The smallest absolute Gasteiger partial charge is 0.298 e. The number of ketones is 1. The van der Waals surface area contributed by atoms with Gasteiger partial charge in [-0.1, -0.05) is 30.4 Å². The Morgan fingerprint density at radius 2 is 2.00 bits per heavy atom. The quantitative estimate of drug-likeness (QED) is 0.826. The van der Waals surface area contributed by atoms with Crippen molar-refractivity contribution >= 4 is 27.2 Å². The topological polar surface area (TPSA) is 56.1 Å². The van der Waals surface area contributed by atoms with Gasteiger partial charge in [0.1, 0.15) is 0 Å². The van der Waals surface area contributed by atoms with Crippen LogP contribution in [0.4, 0.5) is 0 Å². The zero-order chi connectivity index (χ0) is 12.4. The van der Waals surface area contributed by atoms with Crippen LogP contribution in [0, 0.1) is 0 Å². The largest absolute Gasteiger partial charge is 0.310 e. The first-order valence-corrected chi connectivity index (χ1v) is 6.09. The lowest BCUT2D eigenvalue weighted by atomic mass is 10.2. The van der Waals surface area contributed by atoms with E-state index in [2.05, 4.69) is 0 Å². The van der Waals surface area contributed by atoms with Gasteiger partial charge < -0.3 is 0 Å². The molecule has 2 rings (SSSR count). The lowest BCUT2D eigenvalue weighted by molar-refractivity contribution is -0.119. The van der Waals surface area contributed by atoms with Gasteiger partial charge in [-0.3, -0.25) is 19.0 Å². The van der Waals surface area contributed by atoms with Crippen molar-refractivity contribution in [2.45, 2.75) is 19.9 Å². The van der Waals surface area contributed by atoms with Crippen molar-refractivity contribution in [3.8, 4) is 0 Å². The Morgan fingerprint density at radius 3 is 2.71 bits per heavy atom. The molecule has 88 valence electrons. The van der Waals surface area contributed by atoms with Crippen molar-refractivity contribution in [3.05, 3.63) is 44.3 Å². The molecule has 1 heterocycles. The van der Waals surface area contributed by atoms with Crippen LogP contribution in [0.15, 0.2) is 33.9 Å². The number of nitrogens with zero attached hydrogens (tertiary/aromatic N) is 1. The average Bonchev–Trinajstić information content (AvgIpc) is 2.34. The molecule has 2 aromatic rings. The fourth-order valence-corrected chi connectivity index (χ4v) is 2.39. The maximum absolute atomic E-state index is 12.0. The second-order valence-corrected chi connectivity index (χ2v) is 4.64. The van der Waals surface area contributed by atoms with E-state index in [9.17, 15) is 14.4 Å². The van der Waals surface area contributed by atoms with Crippen molar-refractivity contribution in [1.82, 2.24) is 4.57 Å². The van der Waals surface area contributed by atoms with Crippen molar-refractivity contribution in [3.63, 3.8) is 0 Å². The van der Waals surface area contributed by atoms with Crippen LogP contribution in [0.2, 0.25) is 0 Å². The highest BCUT2D eigenvalue weighted by molar-refractivity contribution is 7.16. The van der Waals surface area contributed by atoms with E-state index in [1.807, 2.05) is 0 Å². The molecule has 0 saturated carbocycles. The standard InChI is InChI=1S/C12H11NO3S/c1-2-8(14)7-13-11(15)9-5-3-4-6-10(9)17-12(13)16/h3-6H,2,7H2,1H3. The molecule has 0 aliphatic rings. The Morgan fingerprint density at radius 1 is 1.29 bits per heavy atom. The van der Waals surface area contributed by atoms with Gasteiger partial charge in [-0.15, -0.1) is 0 Å². The molecule has 0 aliphatic carbocycles. The van der Waals surface area contributed by atoms with E-state index in [1.165, 1.54) is 0 Å². The van der Waals surface area contributed by atoms with Crippen LogP contribution in [0.25, 0.3) is 10.1 Å². The van der Waals surface area contributed by atoms with Gasteiger partial charge in [0, 0.05) is 11.1 Å². The summed E-state index contributed by atoms with van der Waals surface area (Å²) in [5, 5.41) is 0.487. The number of carbonyl (C=O) groups is 1. The molecule has 5 heteroatoms. The molecule has 0 aliphatic heterocycles. The summed E-state index contributed by atoms with van der Waals surface area (Å²) in [7, 11) is 0. The average molecular weight is 249 g/mol. The fraction of sp³-hybridized carbons (Fsp3) is 0.250. The molecule has 0 amide bonds. The van der Waals surface area contributed by atoms with E-state index in [-0.39, 0.29) is 22.8 Å². The third-order valence-electron chi connectivity index (χ3n) is 2.51. The van der Waals surface area contributed by atoms with Crippen LogP contribution in [0.5, 0.6) is 0 Å². The van der Waals surface area contributed by atoms with E-state index in [1.54, 1.807) is 31.2 Å². The summed E-state index contributed by atoms with van der Waals surface area (Å²) in [5.74, 6) is -0.119. The van der Waals surface area contributed by atoms with Crippen molar-refractivity contribution in [2.75, 3.05) is 0 Å². The van der Waals surface area contributed by atoms with Crippen LogP contribution in [0.1, 0.15) is 13.3 Å². The third kappa shape index (κ3) is 2.19. The molecule has 0 spiro atoms. The predicted molar refractivity (Wildman–Crippen MR) is 67.7 cm³/mol. The Balaban J connectivity index is 2.68. The number of rotatable bonds is 3. The molecule has 0 bridgehead atoms. The van der Waals surface area contributed by atoms with Crippen LogP contribution in [0.3, 0.4) is 0 Å². The summed E-state index contributed by atoms with van der Waals surface area (Å²) in [6, 6.07) is 6.92. The number of hydrogen-bond acceptors (Lipinski definition) is 4. The van der Waals surface area contributed by atoms with Crippen LogP contribution in [-0.2, 0) is 11.3 Å². The Kier molecular flexibility index (Phi) is 3.19. The number of Topliss-reactive ketones (excluding diaryl/α,β-unsaturated/α-hetero) is 1. The third-order valence-corrected chi connectivity index (χ3v) is 3.48. The molecule has 0 atom stereocenters. The molecule has 4 nitrogen and oxygen atoms in total. The summed E-state index contributed by atoms with van der Waals surface area (Å²) < 4.78 is 1.67. The fourth-order valence-electron chi connectivity index (χ4n) is 1.53. The number of benzene rings is 1. The van der Waals surface area contributed by atoms with Crippen molar-refractivity contribution < 1.29 is 4.79 Å². The van der Waals surface area contributed by atoms with Gasteiger partial charge in [-0.2, -0.15) is 0 Å². The van der Waals surface area contributed by atoms with E-state index in [0.29, 0.717) is 16.5 Å². The van der Waals surface area contributed by atoms with E-state index >= 15 is 0 Å². The molecule has 0 fully saturated rings. The summed E-state index contributed by atoms with van der Waals surface area (Å²) in [6.45, 7) is 1.58. The van der Waals surface area contributed by atoms with Crippen LogP contribution < -0.4 is 10.4 Å². The monoisotopic (exact) mass is 249 g/mol. The van der Waals surface area contributed by atoms with Gasteiger partial charge in [0.2, 0.25) is 0 Å². The number of fused-ring (bicyclic) bond motifs is 1. The second kappa shape index (κ2) is 4.63. The van der Waals surface area contributed by atoms with E-state index < -0.39 is 0 Å². The minimum atomic E-state index is -0.383. The molecule has 0 radical (unpaired) electrons. The maximum Gasteiger partial charge on any atom is 0.310 e. The summed E-state index contributed by atoms with van der Waals surface area (Å²) in [4.78, 5) is 34.7. The molecule has 1 aromatic carbocycles. The van der Waals surface area contributed by atoms with Crippen molar-refractivity contribution in [2.24, 2.45) is 0 Å². The molecule has 0 saturated heterocycles. The molecular formula is C12H11NO3S. The zero-order valence-electron chi connectivity index (χ0n) is 9.30. The SMILES string of the molecule is CCC(=O)Cn1c(=O)sc2ccccc2c1=O. The summed E-state index contributed by atoms with van der Waals surface area (Å²) >= 11 is 0.990. The first kappa shape index (κ1) is 11.7. The number of aromatic nitrogens is 1. The lowest BCUT2D eigenvalue weighted by Crippen LogP contribution is -2.33. The maximum atomic E-state index is 12.0. The minimum Gasteiger partial charge on any atom is -0.298 e. The molecule has 17 heavy (non-hydrogen) atoms. The second-order valence-electron chi connectivity index (χ2n) is 3.65. The Hall–Kier alpha value is -1.75.